The SMILES string of the molecule is C=C/C=C(\C=C)NC=O.CNc1ccc(CCNc2ncnc3oc4c(c23)CCN(CCCN(C)C)C4)cc1. The van der Waals surface area contributed by atoms with E-state index in [9.17, 15) is 4.79 Å². The van der Waals surface area contributed by atoms with Crippen LogP contribution in [0, 0.1) is 0 Å². The summed E-state index contributed by atoms with van der Waals surface area (Å²) >= 11 is 0. The van der Waals surface area contributed by atoms with E-state index >= 15 is 0 Å². The predicted octanol–water partition coefficient (Wildman–Crippen LogP) is 4.22. The van der Waals surface area contributed by atoms with Crippen molar-refractivity contribution in [1.82, 2.24) is 25.1 Å². The van der Waals surface area contributed by atoms with Crippen LogP contribution in [0.5, 0.6) is 0 Å². The number of allylic oxidation sites excluding steroid dienone is 3. The average molecular weight is 532 g/mol. The average Bonchev–Trinajstić information content (AvgIpc) is 3.32. The van der Waals surface area contributed by atoms with Crippen LogP contribution in [0.15, 0.2) is 72.1 Å². The van der Waals surface area contributed by atoms with E-state index in [1.54, 1.807) is 18.5 Å². The summed E-state index contributed by atoms with van der Waals surface area (Å²) < 4.78 is 6.13. The number of fused-ring (bicyclic) bond motifs is 3. The largest absolute Gasteiger partial charge is 0.441 e. The second-order valence-corrected chi connectivity index (χ2v) is 9.54. The Morgan fingerprint density at radius 1 is 1.21 bits per heavy atom. The normalized spacial score (nSPS) is 13.3. The van der Waals surface area contributed by atoms with Crippen LogP contribution in [0.2, 0.25) is 0 Å². The molecule has 0 spiro atoms. The quantitative estimate of drug-likeness (QED) is 0.223. The highest BCUT2D eigenvalue weighted by Gasteiger charge is 2.25. The highest BCUT2D eigenvalue weighted by atomic mass is 16.3. The molecular weight excluding hydrogens is 490 g/mol. The Hall–Kier alpha value is -3.95. The van der Waals surface area contributed by atoms with Gasteiger partial charge in [-0.05, 0) is 76.3 Å². The molecule has 3 aromatic rings. The van der Waals surface area contributed by atoms with Gasteiger partial charge in [-0.15, -0.1) is 0 Å². The first-order valence-electron chi connectivity index (χ1n) is 13.3. The molecule has 39 heavy (non-hydrogen) atoms. The van der Waals surface area contributed by atoms with Gasteiger partial charge < -0.3 is 25.3 Å². The Labute approximate surface area is 231 Å². The van der Waals surface area contributed by atoms with Gasteiger partial charge in [-0.25, -0.2) is 9.97 Å². The topological polar surface area (TPSA) is 98.6 Å². The van der Waals surface area contributed by atoms with E-state index in [0.717, 1.165) is 68.2 Å². The van der Waals surface area contributed by atoms with Gasteiger partial charge in [-0.1, -0.05) is 31.4 Å². The molecule has 0 fully saturated rings. The van der Waals surface area contributed by atoms with Gasteiger partial charge in [-0.3, -0.25) is 9.69 Å². The third kappa shape index (κ3) is 8.80. The number of nitrogens with one attached hydrogen (secondary N) is 3. The maximum atomic E-state index is 9.81. The minimum atomic E-state index is 0.594. The number of aromatic nitrogens is 2. The lowest BCUT2D eigenvalue weighted by Crippen LogP contribution is -2.32. The molecule has 0 saturated heterocycles. The number of hydrogen-bond acceptors (Lipinski definition) is 8. The fraction of sp³-hybridized carbons (Fsp3) is 0.367. The lowest BCUT2D eigenvalue weighted by atomic mass is 10.0. The predicted molar refractivity (Wildman–Crippen MR) is 160 cm³/mol. The van der Waals surface area contributed by atoms with Crippen LogP contribution >= 0.6 is 0 Å². The summed E-state index contributed by atoms with van der Waals surface area (Å²) in [6.45, 7) is 11.9. The second-order valence-electron chi connectivity index (χ2n) is 9.54. The van der Waals surface area contributed by atoms with Crippen molar-refractivity contribution < 1.29 is 9.21 Å². The van der Waals surface area contributed by atoms with Crippen LogP contribution in [0.1, 0.15) is 23.3 Å². The van der Waals surface area contributed by atoms with Crippen LogP contribution in [0.25, 0.3) is 11.1 Å². The van der Waals surface area contributed by atoms with Crippen LogP contribution < -0.4 is 16.0 Å². The molecule has 3 heterocycles. The monoisotopic (exact) mass is 531 g/mol. The van der Waals surface area contributed by atoms with Crippen LogP contribution in [-0.2, 0) is 24.2 Å². The van der Waals surface area contributed by atoms with Gasteiger partial charge in [0.15, 0.2) is 0 Å². The summed E-state index contributed by atoms with van der Waals surface area (Å²) in [7, 11) is 6.18. The highest BCUT2D eigenvalue weighted by molar-refractivity contribution is 5.90. The molecule has 9 heteroatoms. The van der Waals surface area contributed by atoms with Gasteiger partial charge >= 0.3 is 0 Å². The Bertz CT molecular complexity index is 1250. The lowest BCUT2D eigenvalue weighted by Gasteiger charge is -2.26. The number of carbonyl (C=O) groups excluding carboxylic acids is 1. The van der Waals surface area contributed by atoms with Gasteiger partial charge in [0.2, 0.25) is 12.1 Å². The molecule has 1 aliphatic rings. The maximum absolute atomic E-state index is 9.81. The number of amides is 1. The molecule has 4 rings (SSSR count). The number of anilines is 2. The molecule has 1 aliphatic heterocycles. The number of hydrogen-bond donors (Lipinski definition) is 3. The molecule has 0 saturated carbocycles. The van der Waals surface area contributed by atoms with Crippen LogP contribution in [-0.4, -0.2) is 73.5 Å². The van der Waals surface area contributed by atoms with Crippen molar-refractivity contribution in [1.29, 1.82) is 0 Å². The number of rotatable bonds is 13. The molecular formula is C30H41N7O2. The zero-order valence-electron chi connectivity index (χ0n) is 23.4. The molecule has 2 aromatic heterocycles. The minimum Gasteiger partial charge on any atom is -0.441 e. The molecule has 0 bridgehead atoms. The fourth-order valence-electron chi connectivity index (χ4n) is 4.45. The van der Waals surface area contributed by atoms with E-state index in [0.29, 0.717) is 17.8 Å². The molecule has 1 amide bonds. The van der Waals surface area contributed by atoms with Crippen LogP contribution in [0.4, 0.5) is 11.5 Å². The Morgan fingerprint density at radius 2 is 2.00 bits per heavy atom. The zero-order chi connectivity index (χ0) is 28.0. The lowest BCUT2D eigenvalue weighted by molar-refractivity contribution is -0.108. The van der Waals surface area contributed by atoms with Crippen molar-refractivity contribution in [3.63, 3.8) is 0 Å². The molecule has 9 nitrogen and oxygen atoms in total. The summed E-state index contributed by atoms with van der Waals surface area (Å²) in [5, 5.41) is 10.2. The van der Waals surface area contributed by atoms with Gasteiger partial charge in [0.1, 0.15) is 17.9 Å². The summed E-state index contributed by atoms with van der Waals surface area (Å²) in [4.78, 5) is 23.4. The molecule has 208 valence electrons. The van der Waals surface area contributed by atoms with Gasteiger partial charge in [-0.2, -0.15) is 0 Å². The Kier molecular flexibility index (Phi) is 11.7. The minimum absolute atomic E-state index is 0.594. The Balaban J connectivity index is 0.000000403. The summed E-state index contributed by atoms with van der Waals surface area (Å²) in [6.07, 6.45) is 10.1. The van der Waals surface area contributed by atoms with E-state index in [1.807, 2.05) is 7.05 Å². The van der Waals surface area contributed by atoms with Crippen molar-refractivity contribution >= 4 is 29.0 Å². The van der Waals surface area contributed by atoms with E-state index in [-0.39, 0.29) is 0 Å². The van der Waals surface area contributed by atoms with Crippen LogP contribution in [0.3, 0.4) is 0 Å². The summed E-state index contributed by atoms with van der Waals surface area (Å²) in [6, 6.07) is 8.53. The number of benzene rings is 1. The summed E-state index contributed by atoms with van der Waals surface area (Å²) in [5.41, 5.74) is 5.06. The first kappa shape index (κ1) is 29.6. The maximum Gasteiger partial charge on any atom is 0.231 e. The fourth-order valence-corrected chi connectivity index (χ4v) is 4.45. The van der Waals surface area contributed by atoms with Crippen molar-refractivity contribution in [2.45, 2.75) is 25.8 Å². The second kappa shape index (κ2) is 15.5. The third-order valence-electron chi connectivity index (χ3n) is 6.49. The third-order valence-corrected chi connectivity index (χ3v) is 6.49. The van der Waals surface area contributed by atoms with Crippen molar-refractivity contribution in [2.24, 2.45) is 0 Å². The molecule has 0 aliphatic carbocycles. The molecule has 0 radical (unpaired) electrons. The number of carbonyl (C=O) groups is 1. The zero-order valence-corrected chi connectivity index (χ0v) is 23.4. The molecule has 3 N–H and O–H groups in total. The molecule has 0 atom stereocenters. The number of furan rings is 1. The highest BCUT2D eigenvalue weighted by Crippen LogP contribution is 2.33. The first-order chi connectivity index (χ1) is 19.0. The van der Waals surface area contributed by atoms with Gasteiger partial charge in [0, 0.05) is 37.1 Å². The van der Waals surface area contributed by atoms with Crippen molar-refractivity contribution in [3.05, 3.63) is 84.6 Å². The Morgan fingerprint density at radius 3 is 2.67 bits per heavy atom. The molecule has 1 aromatic carbocycles. The van der Waals surface area contributed by atoms with E-state index in [2.05, 4.69) is 87.2 Å². The van der Waals surface area contributed by atoms with E-state index < -0.39 is 0 Å². The first-order valence-corrected chi connectivity index (χ1v) is 13.3. The van der Waals surface area contributed by atoms with Gasteiger partial charge in [0.05, 0.1) is 11.9 Å². The van der Waals surface area contributed by atoms with E-state index in [1.165, 1.54) is 23.6 Å². The van der Waals surface area contributed by atoms with Crippen molar-refractivity contribution in [2.75, 3.05) is 58.0 Å². The van der Waals surface area contributed by atoms with Crippen molar-refractivity contribution in [3.8, 4) is 0 Å². The number of nitrogens with zero attached hydrogens (tertiary/aromatic N) is 4. The van der Waals surface area contributed by atoms with Gasteiger partial charge in [0.25, 0.3) is 0 Å². The van der Waals surface area contributed by atoms with E-state index in [4.69, 9.17) is 4.42 Å². The standard InChI is InChI=1S/C23H32N6O.C7H9NO/c1-24-18-7-5-17(6-8-18)9-11-25-22-21-19-10-14-29(13-4-12-28(2)3)15-20(19)30-23(21)27-16-26-22;1-3-5-7(4-2)8-6-9/h5-8,16,24H,4,9-15H2,1-3H3,(H,25,26,27);3-6H,1-2H2,(H,8,9)/b;7-5+. The molecule has 0 unspecified atom stereocenters. The summed E-state index contributed by atoms with van der Waals surface area (Å²) in [5.74, 6) is 1.94. The smallest absolute Gasteiger partial charge is 0.231 e.